The quantitative estimate of drug-likeness (QED) is 0.425. The van der Waals surface area contributed by atoms with Crippen molar-refractivity contribution in [2.45, 2.75) is 31.8 Å². The standard InChI is InChI=1S/C21H25N7O2/c1-4-13(22)9-14(29)15(23)11-6-5-7-12(8-11)20-26-17-18-16(25-10-28(18)3)19(24-2)27-21(17)30-20/h5-8,10,13,15H,4,9,22-23H2,1-3H3,(H,24,27)/t13-,15?/m1/s1. The third-order valence-electron chi connectivity index (χ3n) is 5.27. The Hall–Kier alpha value is -3.30. The minimum Gasteiger partial charge on any atom is -0.418 e. The van der Waals surface area contributed by atoms with E-state index >= 15 is 0 Å². The molecule has 0 saturated carbocycles. The Morgan fingerprint density at radius 2 is 2.07 bits per heavy atom. The minimum atomic E-state index is -0.746. The van der Waals surface area contributed by atoms with Gasteiger partial charge in [-0.05, 0) is 24.1 Å². The number of fused-ring (bicyclic) bond motifs is 3. The van der Waals surface area contributed by atoms with Gasteiger partial charge < -0.3 is 25.8 Å². The third kappa shape index (κ3) is 3.42. The Kier molecular flexibility index (Phi) is 5.23. The van der Waals surface area contributed by atoms with Crippen LogP contribution in [0.1, 0.15) is 31.4 Å². The number of benzene rings is 1. The van der Waals surface area contributed by atoms with Crippen LogP contribution in [0.4, 0.5) is 5.82 Å². The van der Waals surface area contributed by atoms with Gasteiger partial charge in [0.05, 0.1) is 12.4 Å². The van der Waals surface area contributed by atoms with Crippen molar-refractivity contribution < 1.29 is 9.21 Å². The highest BCUT2D eigenvalue weighted by atomic mass is 16.4. The lowest BCUT2D eigenvalue weighted by Gasteiger charge is -2.14. The predicted molar refractivity (Wildman–Crippen MR) is 116 cm³/mol. The molecule has 4 aromatic rings. The Labute approximate surface area is 173 Å². The third-order valence-corrected chi connectivity index (χ3v) is 5.27. The number of nitrogens with two attached hydrogens (primary N) is 2. The second-order valence-corrected chi connectivity index (χ2v) is 7.38. The second-order valence-electron chi connectivity index (χ2n) is 7.38. The molecule has 4 rings (SSSR count). The van der Waals surface area contributed by atoms with Crippen molar-refractivity contribution in [2.24, 2.45) is 18.5 Å². The molecule has 5 N–H and O–H groups in total. The first kappa shape index (κ1) is 20.0. The number of hydrogen-bond acceptors (Lipinski definition) is 8. The zero-order valence-corrected chi connectivity index (χ0v) is 17.2. The summed E-state index contributed by atoms with van der Waals surface area (Å²) in [6, 6.07) is 6.41. The van der Waals surface area contributed by atoms with Crippen molar-refractivity contribution in [2.75, 3.05) is 12.4 Å². The molecule has 0 fully saturated rings. The number of oxazole rings is 1. The molecule has 156 valence electrons. The molecule has 1 unspecified atom stereocenters. The predicted octanol–water partition coefficient (Wildman–Crippen LogP) is 2.51. The number of nitrogens with zero attached hydrogens (tertiary/aromatic N) is 4. The molecule has 0 radical (unpaired) electrons. The normalized spacial score (nSPS) is 13.6. The van der Waals surface area contributed by atoms with Crippen LogP contribution in [0.2, 0.25) is 0 Å². The van der Waals surface area contributed by atoms with Gasteiger partial charge in [-0.25, -0.2) is 9.97 Å². The van der Waals surface area contributed by atoms with Gasteiger partial charge in [0.2, 0.25) is 5.89 Å². The number of hydrogen-bond donors (Lipinski definition) is 3. The Morgan fingerprint density at radius 3 is 2.80 bits per heavy atom. The highest BCUT2D eigenvalue weighted by Gasteiger charge is 2.21. The molecule has 0 spiro atoms. The highest BCUT2D eigenvalue weighted by Crippen LogP contribution is 2.32. The van der Waals surface area contributed by atoms with Crippen LogP contribution in [-0.2, 0) is 11.8 Å². The number of rotatable bonds is 7. The summed E-state index contributed by atoms with van der Waals surface area (Å²) in [7, 11) is 3.68. The van der Waals surface area contributed by atoms with Crippen molar-refractivity contribution >= 4 is 33.9 Å². The number of Topliss-reactive ketones (excluding diaryl/α,β-unsaturated/α-hetero) is 1. The van der Waals surface area contributed by atoms with Crippen molar-refractivity contribution in [3.8, 4) is 11.5 Å². The number of aryl methyl sites for hydroxylation is 1. The number of carbonyl (C=O) groups excluding carboxylic acids is 1. The number of carbonyl (C=O) groups is 1. The van der Waals surface area contributed by atoms with E-state index in [0.717, 1.165) is 23.0 Å². The molecule has 9 heteroatoms. The SMILES string of the molecule is CC[C@@H](N)CC(=O)C(N)c1cccc(-c2nc3c(nc(NC)c4ncn(C)c43)o2)c1. The van der Waals surface area contributed by atoms with E-state index in [9.17, 15) is 4.79 Å². The number of pyridine rings is 1. The van der Waals surface area contributed by atoms with Crippen LogP contribution in [0.25, 0.3) is 33.7 Å². The fourth-order valence-corrected chi connectivity index (χ4v) is 3.46. The average Bonchev–Trinajstić information content (AvgIpc) is 3.36. The van der Waals surface area contributed by atoms with Crippen LogP contribution in [0.5, 0.6) is 0 Å². The molecule has 1 aromatic carbocycles. The van der Waals surface area contributed by atoms with Gasteiger partial charge in [-0.1, -0.05) is 19.1 Å². The molecule has 0 amide bonds. The number of aromatic nitrogens is 4. The van der Waals surface area contributed by atoms with E-state index in [1.54, 1.807) is 13.4 Å². The lowest BCUT2D eigenvalue weighted by molar-refractivity contribution is -0.120. The summed E-state index contributed by atoms with van der Waals surface area (Å²) in [5.74, 6) is 0.936. The largest absolute Gasteiger partial charge is 0.418 e. The van der Waals surface area contributed by atoms with E-state index in [2.05, 4.69) is 20.3 Å². The van der Waals surface area contributed by atoms with E-state index in [0.29, 0.717) is 28.5 Å². The van der Waals surface area contributed by atoms with Crippen LogP contribution in [0.3, 0.4) is 0 Å². The summed E-state index contributed by atoms with van der Waals surface area (Å²) in [5, 5.41) is 3.04. The summed E-state index contributed by atoms with van der Waals surface area (Å²) in [6.07, 6.45) is 2.69. The van der Waals surface area contributed by atoms with Crippen molar-refractivity contribution in [1.29, 1.82) is 0 Å². The first-order valence-corrected chi connectivity index (χ1v) is 9.86. The summed E-state index contributed by atoms with van der Waals surface area (Å²) in [5.41, 5.74) is 16.1. The van der Waals surface area contributed by atoms with E-state index in [-0.39, 0.29) is 18.2 Å². The topological polar surface area (TPSA) is 138 Å². The fourth-order valence-electron chi connectivity index (χ4n) is 3.46. The van der Waals surface area contributed by atoms with Gasteiger partial charge in [0.1, 0.15) is 11.0 Å². The molecule has 0 aliphatic rings. The Bertz CT molecular complexity index is 1230. The molecular weight excluding hydrogens is 382 g/mol. The number of imidazole rings is 1. The molecule has 0 aliphatic carbocycles. The fraction of sp³-hybridized carbons (Fsp3) is 0.333. The second kappa shape index (κ2) is 7.85. The molecule has 2 atom stereocenters. The molecule has 3 aromatic heterocycles. The zero-order valence-electron chi connectivity index (χ0n) is 17.2. The smallest absolute Gasteiger partial charge is 0.251 e. The maximum absolute atomic E-state index is 12.5. The van der Waals surface area contributed by atoms with Crippen LogP contribution in [-0.4, -0.2) is 38.4 Å². The minimum absolute atomic E-state index is 0.0870. The zero-order chi connectivity index (χ0) is 21.4. The summed E-state index contributed by atoms with van der Waals surface area (Å²) < 4.78 is 7.84. The maximum Gasteiger partial charge on any atom is 0.251 e. The van der Waals surface area contributed by atoms with Crippen molar-refractivity contribution in [3.05, 3.63) is 36.2 Å². The Morgan fingerprint density at radius 1 is 1.27 bits per heavy atom. The number of ketones is 1. The van der Waals surface area contributed by atoms with E-state index in [4.69, 9.17) is 15.9 Å². The highest BCUT2D eigenvalue weighted by molar-refractivity contribution is 6.03. The van der Waals surface area contributed by atoms with E-state index < -0.39 is 6.04 Å². The molecule has 0 saturated heterocycles. The first-order valence-electron chi connectivity index (χ1n) is 9.86. The average molecular weight is 407 g/mol. The molecule has 30 heavy (non-hydrogen) atoms. The van der Waals surface area contributed by atoms with Crippen molar-refractivity contribution in [3.63, 3.8) is 0 Å². The van der Waals surface area contributed by atoms with Gasteiger partial charge in [-0.2, -0.15) is 4.98 Å². The van der Waals surface area contributed by atoms with Crippen molar-refractivity contribution in [1.82, 2.24) is 19.5 Å². The van der Waals surface area contributed by atoms with E-state index in [1.807, 2.05) is 42.8 Å². The van der Waals surface area contributed by atoms with Crippen LogP contribution < -0.4 is 16.8 Å². The van der Waals surface area contributed by atoms with E-state index in [1.165, 1.54) is 0 Å². The maximum atomic E-state index is 12.5. The molecular formula is C21H25N7O2. The lowest BCUT2D eigenvalue weighted by atomic mass is 9.97. The van der Waals surface area contributed by atoms with Gasteiger partial charge in [0.25, 0.3) is 5.71 Å². The molecule has 0 bridgehead atoms. The van der Waals surface area contributed by atoms with Crippen LogP contribution in [0, 0.1) is 0 Å². The van der Waals surface area contributed by atoms with Gasteiger partial charge in [0, 0.05) is 32.1 Å². The van der Waals surface area contributed by atoms with Gasteiger partial charge in [-0.15, -0.1) is 0 Å². The molecule has 0 aliphatic heterocycles. The monoisotopic (exact) mass is 407 g/mol. The molecule has 9 nitrogen and oxygen atoms in total. The summed E-state index contributed by atoms with van der Waals surface area (Å²) in [6.45, 7) is 1.95. The lowest BCUT2D eigenvalue weighted by Crippen LogP contribution is -2.29. The number of anilines is 1. The molecule has 3 heterocycles. The summed E-state index contributed by atoms with van der Waals surface area (Å²) >= 11 is 0. The first-order chi connectivity index (χ1) is 14.4. The van der Waals surface area contributed by atoms with Gasteiger partial charge in [-0.3, -0.25) is 4.79 Å². The van der Waals surface area contributed by atoms with Crippen LogP contribution in [0.15, 0.2) is 35.0 Å². The Balaban J connectivity index is 1.74. The summed E-state index contributed by atoms with van der Waals surface area (Å²) in [4.78, 5) is 26.0. The number of nitrogens with one attached hydrogen (secondary N) is 1. The van der Waals surface area contributed by atoms with Gasteiger partial charge in [0.15, 0.2) is 17.1 Å². The van der Waals surface area contributed by atoms with Gasteiger partial charge >= 0.3 is 0 Å². The van der Waals surface area contributed by atoms with Crippen LogP contribution >= 0.6 is 0 Å².